The molecule has 3 heterocycles. The van der Waals surface area contributed by atoms with Crippen molar-refractivity contribution in [3.05, 3.63) is 0 Å². The van der Waals surface area contributed by atoms with Crippen LogP contribution >= 0.6 is 0 Å². The van der Waals surface area contributed by atoms with E-state index in [-0.39, 0.29) is 17.4 Å². The minimum absolute atomic E-state index is 0.153. The van der Waals surface area contributed by atoms with Crippen LogP contribution in [-0.2, 0) is 9.47 Å². The van der Waals surface area contributed by atoms with Crippen LogP contribution in [0.4, 0.5) is 4.39 Å². The molecule has 0 radical (unpaired) electrons. The van der Waals surface area contributed by atoms with Gasteiger partial charge in [0.25, 0.3) is 0 Å². The first-order chi connectivity index (χ1) is 8.79. The van der Waals surface area contributed by atoms with Crippen molar-refractivity contribution in [2.75, 3.05) is 32.9 Å². The monoisotopic (exact) mass is 257 g/mol. The van der Waals surface area contributed by atoms with E-state index in [0.717, 1.165) is 51.8 Å². The number of rotatable bonds is 2. The van der Waals surface area contributed by atoms with Crippen molar-refractivity contribution in [2.24, 2.45) is 11.8 Å². The molecule has 3 atom stereocenters. The quantitative estimate of drug-likeness (QED) is 0.819. The second-order valence-electron chi connectivity index (χ2n) is 6.12. The SMILES string of the molecule is FC(C1CCNCC1)C1CCOC2(CCOC2)C1. The Labute approximate surface area is 108 Å². The molecule has 1 N–H and O–H groups in total. The van der Waals surface area contributed by atoms with E-state index in [1.165, 1.54) is 0 Å². The van der Waals surface area contributed by atoms with Crippen molar-refractivity contribution in [3.8, 4) is 0 Å². The lowest BCUT2D eigenvalue weighted by molar-refractivity contribution is -0.114. The van der Waals surface area contributed by atoms with Crippen LogP contribution in [0.1, 0.15) is 32.1 Å². The molecule has 0 aromatic heterocycles. The molecule has 0 amide bonds. The largest absolute Gasteiger partial charge is 0.378 e. The van der Waals surface area contributed by atoms with E-state index in [4.69, 9.17) is 9.47 Å². The summed E-state index contributed by atoms with van der Waals surface area (Å²) in [4.78, 5) is 0. The molecule has 3 rings (SSSR count). The van der Waals surface area contributed by atoms with Gasteiger partial charge in [-0.25, -0.2) is 4.39 Å². The predicted molar refractivity (Wildman–Crippen MR) is 67.3 cm³/mol. The number of nitrogens with one attached hydrogen (secondary N) is 1. The molecular weight excluding hydrogens is 233 g/mol. The number of ether oxygens (including phenoxy) is 2. The maximum absolute atomic E-state index is 14.7. The average molecular weight is 257 g/mol. The van der Waals surface area contributed by atoms with E-state index in [0.29, 0.717) is 13.2 Å². The Morgan fingerprint density at radius 2 is 1.94 bits per heavy atom. The Hall–Kier alpha value is -0.190. The molecule has 0 aromatic carbocycles. The van der Waals surface area contributed by atoms with E-state index in [1.807, 2.05) is 0 Å². The smallest absolute Gasteiger partial charge is 0.106 e. The third-order valence-electron chi connectivity index (χ3n) is 4.88. The van der Waals surface area contributed by atoms with Crippen molar-refractivity contribution in [1.29, 1.82) is 0 Å². The highest BCUT2D eigenvalue weighted by molar-refractivity contribution is 4.94. The van der Waals surface area contributed by atoms with Gasteiger partial charge >= 0.3 is 0 Å². The van der Waals surface area contributed by atoms with Crippen LogP contribution < -0.4 is 5.32 Å². The summed E-state index contributed by atoms with van der Waals surface area (Å²) in [6, 6.07) is 0. The number of hydrogen-bond acceptors (Lipinski definition) is 3. The molecular formula is C14H24FNO2. The Kier molecular flexibility index (Phi) is 3.87. The second kappa shape index (κ2) is 5.43. The molecule has 4 heteroatoms. The van der Waals surface area contributed by atoms with Gasteiger partial charge < -0.3 is 14.8 Å². The van der Waals surface area contributed by atoms with Crippen LogP contribution in [0, 0.1) is 11.8 Å². The van der Waals surface area contributed by atoms with Crippen LogP contribution in [0.25, 0.3) is 0 Å². The fourth-order valence-electron chi connectivity index (χ4n) is 3.75. The van der Waals surface area contributed by atoms with Crippen LogP contribution in [0.3, 0.4) is 0 Å². The fraction of sp³-hybridized carbons (Fsp3) is 1.00. The van der Waals surface area contributed by atoms with Gasteiger partial charge in [-0.15, -0.1) is 0 Å². The molecule has 0 saturated carbocycles. The summed E-state index contributed by atoms with van der Waals surface area (Å²) >= 11 is 0. The number of piperidine rings is 1. The first-order valence-corrected chi connectivity index (χ1v) is 7.36. The lowest BCUT2D eigenvalue weighted by Crippen LogP contribution is -2.45. The zero-order valence-electron chi connectivity index (χ0n) is 11.0. The van der Waals surface area contributed by atoms with E-state index >= 15 is 0 Å². The van der Waals surface area contributed by atoms with Crippen LogP contribution in [-0.4, -0.2) is 44.7 Å². The third kappa shape index (κ3) is 2.56. The zero-order valence-corrected chi connectivity index (χ0v) is 11.0. The van der Waals surface area contributed by atoms with Gasteiger partial charge in [0.2, 0.25) is 0 Å². The molecule has 1 spiro atoms. The van der Waals surface area contributed by atoms with Gasteiger partial charge in [-0.1, -0.05) is 0 Å². The van der Waals surface area contributed by atoms with Gasteiger partial charge in [0.1, 0.15) is 6.17 Å². The van der Waals surface area contributed by atoms with Crippen LogP contribution in [0.2, 0.25) is 0 Å². The molecule has 18 heavy (non-hydrogen) atoms. The van der Waals surface area contributed by atoms with Crippen LogP contribution in [0.15, 0.2) is 0 Å². The highest BCUT2D eigenvalue weighted by atomic mass is 19.1. The summed E-state index contributed by atoms with van der Waals surface area (Å²) in [5.41, 5.74) is -0.153. The number of alkyl halides is 1. The average Bonchev–Trinajstić information content (AvgIpc) is 2.87. The summed E-state index contributed by atoms with van der Waals surface area (Å²) < 4.78 is 26.0. The minimum Gasteiger partial charge on any atom is -0.378 e. The molecule has 3 fully saturated rings. The van der Waals surface area contributed by atoms with Gasteiger partial charge in [0, 0.05) is 19.6 Å². The minimum atomic E-state index is -0.645. The lowest BCUT2D eigenvalue weighted by atomic mass is 9.77. The Morgan fingerprint density at radius 1 is 1.11 bits per heavy atom. The van der Waals surface area contributed by atoms with Crippen molar-refractivity contribution in [1.82, 2.24) is 5.32 Å². The highest BCUT2D eigenvalue weighted by Crippen LogP contribution is 2.40. The Bertz CT molecular complexity index is 275. The highest BCUT2D eigenvalue weighted by Gasteiger charge is 2.44. The second-order valence-corrected chi connectivity index (χ2v) is 6.12. The van der Waals surface area contributed by atoms with Crippen molar-refractivity contribution in [3.63, 3.8) is 0 Å². The van der Waals surface area contributed by atoms with Crippen LogP contribution in [0.5, 0.6) is 0 Å². The molecule has 3 aliphatic heterocycles. The van der Waals surface area contributed by atoms with E-state index in [2.05, 4.69) is 5.32 Å². The maximum Gasteiger partial charge on any atom is 0.106 e. The first kappa shape index (κ1) is 12.8. The normalized spacial score (nSPS) is 40.2. The molecule has 3 aliphatic rings. The summed E-state index contributed by atoms with van der Waals surface area (Å²) in [7, 11) is 0. The molecule has 0 aliphatic carbocycles. The molecule has 0 aromatic rings. The Balaban J connectivity index is 1.60. The van der Waals surface area contributed by atoms with E-state index < -0.39 is 6.17 Å². The summed E-state index contributed by atoms with van der Waals surface area (Å²) in [5, 5.41) is 3.31. The topological polar surface area (TPSA) is 30.5 Å². The van der Waals surface area contributed by atoms with E-state index in [1.54, 1.807) is 0 Å². The third-order valence-corrected chi connectivity index (χ3v) is 4.88. The Morgan fingerprint density at radius 3 is 2.67 bits per heavy atom. The van der Waals surface area contributed by atoms with Crippen molar-refractivity contribution in [2.45, 2.75) is 43.9 Å². The molecule has 104 valence electrons. The maximum atomic E-state index is 14.7. The molecule has 3 unspecified atom stereocenters. The molecule has 3 saturated heterocycles. The fourth-order valence-corrected chi connectivity index (χ4v) is 3.75. The zero-order chi connectivity index (χ0) is 12.4. The van der Waals surface area contributed by atoms with Crippen molar-refractivity contribution < 1.29 is 13.9 Å². The summed E-state index contributed by atoms with van der Waals surface area (Å²) in [6.07, 6.45) is 4.02. The van der Waals surface area contributed by atoms with Gasteiger partial charge in [0.15, 0.2) is 0 Å². The first-order valence-electron chi connectivity index (χ1n) is 7.36. The van der Waals surface area contributed by atoms with E-state index in [9.17, 15) is 4.39 Å². The van der Waals surface area contributed by atoms with Gasteiger partial charge in [-0.05, 0) is 50.6 Å². The molecule has 0 bridgehead atoms. The summed E-state index contributed by atoms with van der Waals surface area (Å²) in [6.45, 7) is 4.10. The van der Waals surface area contributed by atoms with Crippen molar-refractivity contribution >= 4 is 0 Å². The predicted octanol–water partition coefficient (Wildman–Crippen LogP) is 1.91. The molecule has 3 nitrogen and oxygen atoms in total. The number of hydrogen-bond donors (Lipinski definition) is 1. The standard InChI is InChI=1S/C14H24FNO2/c15-13(11-1-5-16-6-2-11)12-3-7-18-14(9-12)4-8-17-10-14/h11-13,16H,1-10H2. The number of halogens is 1. The summed E-state index contributed by atoms with van der Waals surface area (Å²) in [5.74, 6) is 0.442. The lowest BCUT2D eigenvalue weighted by Gasteiger charge is -2.40. The van der Waals surface area contributed by atoms with Gasteiger partial charge in [-0.3, -0.25) is 0 Å². The van der Waals surface area contributed by atoms with Gasteiger partial charge in [-0.2, -0.15) is 0 Å². The van der Waals surface area contributed by atoms with Gasteiger partial charge in [0.05, 0.1) is 12.2 Å².